The van der Waals surface area contributed by atoms with E-state index in [2.05, 4.69) is 20.5 Å². The highest BCUT2D eigenvalue weighted by molar-refractivity contribution is 5.99. The number of rotatable bonds is 8. The van der Waals surface area contributed by atoms with E-state index in [0.29, 0.717) is 17.0 Å². The summed E-state index contributed by atoms with van der Waals surface area (Å²) in [5.74, 6) is -0.144. The number of alkyl halides is 2. The Kier molecular flexibility index (Phi) is 6.40. The van der Waals surface area contributed by atoms with E-state index < -0.39 is 22.9 Å². The van der Waals surface area contributed by atoms with E-state index in [1.807, 2.05) is 0 Å². The van der Waals surface area contributed by atoms with Crippen LogP contribution in [0, 0.1) is 24.0 Å². The topological polar surface area (TPSA) is 129 Å². The third kappa shape index (κ3) is 4.39. The van der Waals surface area contributed by atoms with Crippen LogP contribution < -0.4 is 10.1 Å². The van der Waals surface area contributed by atoms with Crippen molar-refractivity contribution in [3.8, 4) is 17.0 Å². The average Bonchev–Trinajstić information content (AvgIpc) is 3.38. The normalized spacial score (nSPS) is 11.3. The Hall–Kier alpha value is -4.42. The fraction of sp³-hybridized carbons (Fsp3) is 0.273. The Morgan fingerprint density at radius 1 is 1.29 bits per heavy atom. The van der Waals surface area contributed by atoms with Crippen LogP contribution in [-0.2, 0) is 6.54 Å². The maximum absolute atomic E-state index is 13.8. The molecule has 0 saturated carbocycles. The van der Waals surface area contributed by atoms with Gasteiger partial charge in [-0.15, -0.1) is 0 Å². The van der Waals surface area contributed by atoms with E-state index in [1.165, 1.54) is 31.0 Å². The van der Waals surface area contributed by atoms with Gasteiger partial charge in [0.15, 0.2) is 5.65 Å². The maximum atomic E-state index is 13.8. The van der Waals surface area contributed by atoms with Gasteiger partial charge >= 0.3 is 5.69 Å². The third-order valence-corrected chi connectivity index (χ3v) is 5.49. The molecule has 0 aliphatic rings. The molecule has 4 rings (SSSR count). The Morgan fingerprint density at radius 2 is 2.03 bits per heavy atom. The van der Waals surface area contributed by atoms with Crippen LogP contribution in [0.4, 0.5) is 14.5 Å². The van der Waals surface area contributed by atoms with Gasteiger partial charge in [0.25, 0.3) is 12.3 Å². The number of methoxy groups -OCH3 is 1. The molecule has 3 heterocycles. The molecule has 0 aliphatic heterocycles. The number of nitrogens with zero attached hydrogens (tertiary/aromatic N) is 6. The van der Waals surface area contributed by atoms with Crippen molar-refractivity contribution in [2.45, 2.75) is 26.8 Å². The van der Waals surface area contributed by atoms with Crippen LogP contribution in [0.25, 0.3) is 16.9 Å². The van der Waals surface area contributed by atoms with E-state index in [1.54, 1.807) is 31.2 Å². The lowest BCUT2D eigenvalue weighted by Crippen LogP contribution is -2.28. The first-order chi connectivity index (χ1) is 16.7. The van der Waals surface area contributed by atoms with Crippen molar-refractivity contribution in [3.63, 3.8) is 0 Å². The van der Waals surface area contributed by atoms with Crippen molar-refractivity contribution in [2.75, 3.05) is 13.7 Å². The molecule has 0 spiro atoms. The molecule has 182 valence electrons. The molecule has 1 amide bonds. The standard InChI is InChI=1S/C22H21F2N7O4/c1-12-19(31(33)34)13(2)29(28-12)9-8-25-22(32)15-11-26-30-17(20(23)24)10-16(27-21(15)30)14-6-4-5-7-18(14)35-3/h4-7,10-11,20H,8-9H2,1-3H3,(H,25,32). The zero-order valence-corrected chi connectivity index (χ0v) is 19.0. The fourth-order valence-electron chi connectivity index (χ4n) is 3.84. The zero-order chi connectivity index (χ0) is 25.3. The number of hydrogen-bond acceptors (Lipinski definition) is 7. The maximum Gasteiger partial charge on any atom is 0.312 e. The van der Waals surface area contributed by atoms with Crippen LogP contribution in [0.5, 0.6) is 5.75 Å². The van der Waals surface area contributed by atoms with Crippen molar-refractivity contribution in [1.82, 2.24) is 29.7 Å². The molecule has 3 aromatic heterocycles. The second kappa shape index (κ2) is 9.44. The molecule has 13 heteroatoms. The number of carbonyl (C=O) groups is 1. The Labute approximate surface area is 197 Å². The van der Waals surface area contributed by atoms with Crippen molar-refractivity contribution in [3.05, 3.63) is 69.3 Å². The fourth-order valence-corrected chi connectivity index (χ4v) is 3.84. The summed E-state index contributed by atoms with van der Waals surface area (Å²) in [6.45, 7) is 3.36. The monoisotopic (exact) mass is 485 g/mol. The smallest absolute Gasteiger partial charge is 0.312 e. The number of aromatic nitrogens is 5. The Balaban J connectivity index is 1.63. The summed E-state index contributed by atoms with van der Waals surface area (Å²) < 4.78 is 35.3. The summed E-state index contributed by atoms with van der Waals surface area (Å²) >= 11 is 0. The molecule has 0 aliphatic carbocycles. The van der Waals surface area contributed by atoms with Crippen LogP contribution in [0.15, 0.2) is 36.5 Å². The first kappa shape index (κ1) is 23.7. The lowest BCUT2D eigenvalue weighted by Gasteiger charge is -2.11. The zero-order valence-electron chi connectivity index (χ0n) is 19.0. The van der Waals surface area contributed by atoms with E-state index in [-0.39, 0.29) is 41.4 Å². The molecule has 0 radical (unpaired) electrons. The average molecular weight is 485 g/mol. The number of para-hydroxylation sites is 1. The summed E-state index contributed by atoms with van der Waals surface area (Å²) in [4.78, 5) is 28.0. The highest BCUT2D eigenvalue weighted by Crippen LogP contribution is 2.32. The van der Waals surface area contributed by atoms with Gasteiger partial charge in [0, 0.05) is 12.1 Å². The molecule has 0 unspecified atom stereocenters. The summed E-state index contributed by atoms with van der Waals surface area (Å²) in [6.07, 6.45) is -1.70. The summed E-state index contributed by atoms with van der Waals surface area (Å²) in [5.41, 5.74) is 0.784. The predicted molar refractivity (Wildman–Crippen MR) is 121 cm³/mol. The molecule has 11 nitrogen and oxygen atoms in total. The highest BCUT2D eigenvalue weighted by Gasteiger charge is 2.24. The van der Waals surface area contributed by atoms with Gasteiger partial charge in [0.1, 0.15) is 28.4 Å². The number of aryl methyl sites for hydroxylation is 1. The van der Waals surface area contributed by atoms with Gasteiger partial charge in [0.2, 0.25) is 0 Å². The minimum absolute atomic E-state index is 0.00277. The lowest BCUT2D eigenvalue weighted by atomic mass is 10.1. The molecule has 35 heavy (non-hydrogen) atoms. The minimum atomic E-state index is -2.87. The van der Waals surface area contributed by atoms with Gasteiger partial charge in [0.05, 0.1) is 30.5 Å². The van der Waals surface area contributed by atoms with E-state index in [9.17, 15) is 23.7 Å². The second-order valence-electron chi connectivity index (χ2n) is 7.62. The summed E-state index contributed by atoms with van der Waals surface area (Å²) in [6, 6.07) is 8.02. The number of benzene rings is 1. The second-order valence-corrected chi connectivity index (χ2v) is 7.62. The molecular formula is C22H21F2N7O4. The highest BCUT2D eigenvalue weighted by atomic mass is 19.3. The Morgan fingerprint density at radius 3 is 2.69 bits per heavy atom. The minimum Gasteiger partial charge on any atom is -0.496 e. The molecular weight excluding hydrogens is 464 g/mol. The molecule has 0 bridgehead atoms. The SMILES string of the molecule is COc1ccccc1-c1cc(C(F)F)n2ncc(C(=O)NCCn3nc(C)c([N+](=O)[O-])c3C)c2n1. The number of nitro groups is 1. The van der Waals surface area contributed by atoms with Crippen molar-refractivity contribution < 1.29 is 23.2 Å². The molecule has 0 saturated heterocycles. The molecule has 0 atom stereocenters. The Bertz CT molecular complexity index is 1430. The van der Waals surface area contributed by atoms with Crippen molar-refractivity contribution in [1.29, 1.82) is 0 Å². The lowest BCUT2D eigenvalue weighted by molar-refractivity contribution is -0.386. The molecule has 4 aromatic rings. The van der Waals surface area contributed by atoms with Gasteiger partial charge < -0.3 is 10.1 Å². The van der Waals surface area contributed by atoms with Gasteiger partial charge in [-0.05, 0) is 32.0 Å². The first-order valence-electron chi connectivity index (χ1n) is 10.5. The summed E-state index contributed by atoms with van der Waals surface area (Å²) in [7, 11) is 1.46. The largest absolute Gasteiger partial charge is 0.496 e. The number of nitrogens with one attached hydrogen (secondary N) is 1. The van der Waals surface area contributed by atoms with E-state index in [0.717, 1.165) is 4.52 Å². The van der Waals surface area contributed by atoms with Gasteiger partial charge in [-0.1, -0.05) is 12.1 Å². The van der Waals surface area contributed by atoms with E-state index in [4.69, 9.17) is 4.74 Å². The number of fused-ring (bicyclic) bond motifs is 1. The van der Waals surface area contributed by atoms with Crippen LogP contribution in [0.1, 0.15) is 33.9 Å². The van der Waals surface area contributed by atoms with Gasteiger partial charge in [-0.3, -0.25) is 19.6 Å². The third-order valence-electron chi connectivity index (χ3n) is 5.49. The van der Waals surface area contributed by atoms with Gasteiger partial charge in [-0.25, -0.2) is 18.3 Å². The van der Waals surface area contributed by atoms with Gasteiger partial charge in [-0.2, -0.15) is 10.2 Å². The number of halogens is 2. The molecule has 0 fully saturated rings. The van der Waals surface area contributed by atoms with Crippen LogP contribution in [0.3, 0.4) is 0 Å². The van der Waals surface area contributed by atoms with Crippen LogP contribution in [-0.4, -0.2) is 48.9 Å². The summed E-state index contributed by atoms with van der Waals surface area (Å²) in [5, 5.41) is 21.9. The van der Waals surface area contributed by atoms with Crippen molar-refractivity contribution >= 4 is 17.2 Å². The predicted octanol–water partition coefficient (Wildman–Crippen LogP) is 3.49. The number of carbonyl (C=O) groups excluding carboxylic acids is 1. The number of amides is 1. The molecule has 1 aromatic carbocycles. The quantitative estimate of drug-likeness (QED) is 0.299. The van der Waals surface area contributed by atoms with E-state index >= 15 is 0 Å². The molecule has 1 N–H and O–H groups in total. The number of hydrogen-bond donors (Lipinski definition) is 1. The number of ether oxygens (including phenoxy) is 1. The van der Waals surface area contributed by atoms with Crippen molar-refractivity contribution in [2.24, 2.45) is 0 Å². The van der Waals surface area contributed by atoms with Crippen LogP contribution in [0.2, 0.25) is 0 Å². The van der Waals surface area contributed by atoms with Crippen LogP contribution >= 0.6 is 0 Å². The first-order valence-corrected chi connectivity index (χ1v) is 10.5.